The molecule has 2 aromatic carbocycles. The summed E-state index contributed by atoms with van der Waals surface area (Å²) in [5, 5.41) is 26.5. The Bertz CT molecular complexity index is 1420. The highest BCUT2D eigenvalue weighted by Crippen LogP contribution is 2.25. The standard InChI is InChI=1S/C25H20N8O5/c34-17(13-30-9-15(26-28-30)11-32-22(35)18-5-1-2-6-19(18)23(32)36)14-31-10-16(27-29-31)12-33-24(37)20-7-3-4-8-21(20)25(33)38/h1-10,17,34H,11-14H2. The molecule has 0 fully saturated rings. The van der Waals surface area contributed by atoms with Gasteiger partial charge in [-0.25, -0.2) is 9.36 Å². The van der Waals surface area contributed by atoms with E-state index in [0.29, 0.717) is 33.6 Å². The Morgan fingerprint density at radius 3 is 1.29 bits per heavy atom. The summed E-state index contributed by atoms with van der Waals surface area (Å²) in [6.45, 7) is 0.0742. The highest BCUT2D eigenvalue weighted by Gasteiger charge is 2.36. The zero-order valence-electron chi connectivity index (χ0n) is 19.8. The first kappa shape index (κ1) is 23.4. The number of hydrogen-bond acceptors (Lipinski definition) is 9. The number of rotatable bonds is 8. The Kier molecular flexibility index (Phi) is 5.61. The summed E-state index contributed by atoms with van der Waals surface area (Å²) in [6.07, 6.45) is 2.20. The third kappa shape index (κ3) is 4.04. The van der Waals surface area contributed by atoms with Crippen LogP contribution < -0.4 is 0 Å². The Morgan fingerprint density at radius 2 is 0.947 bits per heavy atom. The molecular weight excluding hydrogens is 492 g/mol. The van der Waals surface area contributed by atoms with Crippen molar-refractivity contribution >= 4 is 23.6 Å². The minimum absolute atomic E-state index is 0.0350. The summed E-state index contributed by atoms with van der Waals surface area (Å²) in [5.41, 5.74) is 2.23. The predicted molar refractivity (Wildman–Crippen MR) is 127 cm³/mol. The van der Waals surface area contributed by atoms with E-state index in [1.54, 1.807) is 60.9 Å². The monoisotopic (exact) mass is 512 g/mol. The van der Waals surface area contributed by atoms with Crippen LogP contribution in [0.25, 0.3) is 0 Å². The normalized spacial score (nSPS) is 14.7. The summed E-state index contributed by atoms with van der Waals surface area (Å²) in [5.74, 6) is -1.54. The van der Waals surface area contributed by atoms with E-state index in [1.807, 2.05) is 0 Å². The Balaban J connectivity index is 1.05. The Morgan fingerprint density at radius 1 is 0.605 bits per heavy atom. The van der Waals surface area contributed by atoms with Crippen molar-refractivity contribution in [2.45, 2.75) is 32.3 Å². The number of nitrogens with zero attached hydrogens (tertiary/aromatic N) is 8. The second-order valence-electron chi connectivity index (χ2n) is 9.00. The number of fused-ring (bicyclic) bond motifs is 2. The van der Waals surface area contributed by atoms with Gasteiger partial charge in [0.1, 0.15) is 11.4 Å². The fraction of sp³-hybridized carbons (Fsp3) is 0.200. The van der Waals surface area contributed by atoms with Gasteiger partial charge in [0.15, 0.2) is 0 Å². The van der Waals surface area contributed by atoms with Crippen molar-refractivity contribution in [3.8, 4) is 0 Å². The summed E-state index contributed by atoms with van der Waals surface area (Å²) in [7, 11) is 0. The summed E-state index contributed by atoms with van der Waals surface area (Å²) in [4.78, 5) is 52.5. The number of aliphatic hydroxyl groups excluding tert-OH is 1. The molecule has 13 heteroatoms. The number of aliphatic hydroxyl groups is 1. The quantitative estimate of drug-likeness (QED) is 0.333. The first-order valence-electron chi connectivity index (χ1n) is 11.8. The molecule has 1 N–H and O–H groups in total. The van der Waals surface area contributed by atoms with Gasteiger partial charge >= 0.3 is 0 Å². The second kappa shape index (κ2) is 9.12. The predicted octanol–water partition coefficient (Wildman–Crippen LogP) is 0.523. The van der Waals surface area contributed by atoms with Gasteiger partial charge in [0.2, 0.25) is 0 Å². The molecule has 4 heterocycles. The first-order chi connectivity index (χ1) is 18.4. The van der Waals surface area contributed by atoms with E-state index < -0.39 is 6.10 Å². The average Bonchev–Trinajstić information content (AvgIpc) is 3.66. The lowest BCUT2D eigenvalue weighted by molar-refractivity contribution is 0.0625. The highest BCUT2D eigenvalue weighted by molar-refractivity contribution is 6.21. The van der Waals surface area contributed by atoms with Gasteiger partial charge in [-0.1, -0.05) is 34.7 Å². The molecule has 6 rings (SSSR count). The maximum absolute atomic E-state index is 12.6. The topological polar surface area (TPSA) is 156 Å². The molecule has 0 spiro atoms. The van der Waals surface area contributed by atoms with Gasteiger partial charge in [-0.2, -0.15) is 0 Å². The van der Waals surface area contributed by atoms with Crippen LogP contribution >= 0.6 is 0 Å². The molecule has 4 amide bonds. The lowest BCUT2D eigenvalue weighted by atomic mass is 10.1. The minimum Gasteiger partial charge on any atom is -0.389 e. The van der Waals surface area contributed by atoms with Crippen LogP contribution in [0, 0.1) is 0 Å². The highest BCUT2D eigenvalue weighted by atomic mass is 16.3. The lowest BCUT2D eigenvalue weighted by Gasteiger charge is -2.12. The first-order valence-corrected chi connectivity index (χ1v) is 11.8. The average molecular weight is 512 g/mol. The van der Waals surface area contributed by atoms with Crippen molar-refractivity contribution in [2.24, 2.45) is 0 Å². The number of carbonyl (C=O) groups is 4. The maximum Gasteiger partial charge on any atom is 0.261 e. The van der Waals surface area contributed by atoms with Gasteiger partial charge in [0, 0.05) is 0 Å². The lowest BCUT2D eigenvalue weighted by Crippen LogP contribution is -2.29. The SMILES string of the molecule is O=C1c2ccccc2C(=O)N1Cc1cn(CC(O)Cn2cc(CN3C(=O)c4ccccc4C3=O)nn2)nn1. The molecule has 190 valence electrons. The van der Waals surface area contributed by atoms with E-state index in [0.717, 1.165) is 9.80 Å². The molecule has 0 saturated carbocycles. The van der Waals surface area contributed by atoms with Gasteiger partial charge in [-0.05, 0) is 24.3 Å². The molecule has 0 aliphatic carbocycles. The molecule has 38 heavy (non-hydrogen) atoms. The van der Waals surface area contributed by atoms with Crippen molar-refractivity contribution < 1.29 is 24.3 Å². The second-order valence-corrected chi connectivity index (χ2v) is 9.00. The van der Waals surface area contributed by atoms with E-state index in [-0.39, 0.29) is 49.8 Å². The summed E-state index contributed by atoms with van der Waals surface area (Å²) >= 11 is 0. The van der Waals surface area contributed by atoms with Crippen LogP contribution in [-0.2, 0) is 26.2 Å². The molecular formula is C25H20N8O5. The van der Waals surface area contributed by atoms with Crippen LogP contribution in [0.3, 0.4) is 0 Å². The fourth-order valence-corrected chi connectivity index (χ4v) is 4.58. The molecule has 0 unspecified atom stereocenters. The van der Waals surface area contributed by atoms with Gasteiger partial charge in [-0.15, -0.1) is 10.2 Å². The summed E-state index contributed by atoms with van der Waals surface area (Å²) in [6, 6.07) is 13.2. The summed E-state index contributed by atoms with van der Waals surface area (Å²) < 4.78 is 2.82. The zero-order chi connectivity index (χ0) is 26.4. The number of hydrogen-bond donors (Lipinski definition) is 1. The molecule has 4 aromatic rings. The van der Waals surface area contributed by atoms with Gasteiger partial charge < -0.3 is 5.11 Å². The molecule has 2 aromatic heterocycles. The van der Waals surface area contributed by atoms with Gasteiger partial charge in [-0.3, -0.25) is 29.0 Å². The van der Waals surface area contributed by atoms with E-state index in [2.05, 4.69) is 20.6 Å². The zero-order valence-corrected chi connectivity index (χ0v) is 19.8. The number of carbonyl (C=O) groups excluding carboxylic acids is 4. The van der Waals surface area contributed by atoms with Crippen molar-refractivity contribution in [3.63, 3.8) is 0 Å². The van der Waals surface area contributed by atoms with Crippen LogP contribution in [-0.4, -0.2) is 74.6 Å². The Hall–Kier alpha value is -5.04. The van der Waals surface area contributed by atoms with Gasteiger partial charge in [0.25, 0.3) is 23.6 Å². The van der Waals surface area contributed by atoms with Crippen molar-refractivity contribution in [1.82, 2.24) is 39.8 Å². The van der Waals surface area contributed by atoms with Crippen molar-refractivity contribution in [1.29, 1.82) is 0 Å². The maximum atomic E-state index is 12.6. The van der Waals surface area contributed by atoms with E-state index in [1.165, 1.54) is 9.36 Å². The van der Waals surface area contributed by atoms with Crippen LogP contribution in [0.2, 0.25) is 0 Å². The molecule has 13 nitrogen and oxygen atoms in total. The molecule has 0 radical (unpaired) electrons. The molecule has 0 atom stereocenters. The smallest absolute Gasteiger partial charge is 0.261 e. The fourth-order valence-electron chi connectivity index (χ4n) is 4.58. The minimum atomic E-state index is -0.919. The number of imide groups is 2. The number of amides is 4. The van der Waals surface area contributed by atoms with Crippen LogP contribution in [0.4, 0.5) is 0 Å². The Labute approximate surface area is 214 Å². The number of aromatic nitrogens is 6. The molecule has 2 aliphatic rings. The van der Waals surface area contributed by atoms with Crippen molar-refractivity contribution in [3.05, 3.63) is 94.6 Å². The van der Waals surface area contributed by atoms with Crippen LogP contribution in [0.15, 0.2) is 60.9 Å². The number of benzene rings is 2. The van der Waals surface area contributed by atoms with E-state index in [9.17, 15) is 24.3 Å². The van der Waals surface area contributed by atoms with E-state index in [4.69, 9.17) is 0 Å². The largest absolute Gasteiger partial charge is 0.389 e. The molecule has 2 aliphatic heterocycles. The third-order valence-electron chi connectivity index (χ3n) is 6.36. The van der Waals surface area contributed by atoms with Crippen LogP contribution in [0.5, 0.6) is 0 Å². The molecule has 0 bridgehead atoms. The van der Waals surface area contributed by atoms with Crippen molar-refractivity contribution in [2.75, 3.05) is 0 Å². The van der Waals surface area contributed by atoms with Crippen LogP contribution in [0.1, 0.15) is 52.8 Å². The molecule has 0 saturated heterocycles. The van der Waals surface area contributed by atoms with E-state index >= 15 is 0 Å². The van der Waals surface area contributed by atoms with Gasteiger partial charge in [0.05, 0.1) is 66.9 Å². The third-order valence-corrected chi connectivity index (χ3v) is 6.36.